The van der Waals surface area contributed by atoms with Gasteiger partial charge in [-0.3, -0.25) is 0 Å². The number of rotatable bonds is 6. The third-order valence-electron chi connectivity index (χ3n) is 5.95. The lowest BCUT2D eigenvalue weighted by Gasteiger charge is -2.28. The van der Waals surface area contributed by atoms with E-state index in [1.165, 1.54) is 32.1 Å². The van der Waals surface area contributed by atoms with Crippen molar-refractivity contribution in [2.24, 2.45) is 5.92 Å². The molecule has 1 fully saturated rings. The maximum absolute atomic E-state index is 14.5. The quantitative estimate of drug-likeness (QED) is 0.558. The van der Waals surface area contributed by atoms with Gasteiger partial charge in [0.15, 0.2) is 11.6 Å². The van der Waals surface area contributed by atoms with Crippen molar-refractivity contribution in [3.63, 3.8) is 0 Å². The van der Waals surface area contributed by atoms with Crippen LogP contribution in [0.1, 0.15) is 76.3 Å². The first-order valence-electron chi connectivity index (χ1n) is 10.0. The van der Waals surface area contributed by atoms with E-state index in [1.54, 1.807) is 0 Å². The predicted molar refractivity (Wildman–Crippen MR) is 99.5 cm³/mol. The number of benzene rings is 1. The van der Waals surface area contributed by atoms with E-state index in [4.69, 9.17) is 4.74 Å². The summed E-state index contributed by atoms with van der Waals surface area (Å²) in [5.74, 6) is -0.372. The lowest BCUT2D eigenvalue weighted by Crippen LogP contribution is -2.24. The van der Waals surface area contributed by atoms with Gasteiger partial charge in [-0.1, -0.05) is 52.4 Å². The lowest BCUT2D eigenvalue weighted by molar-refractivity contribution is 0.153. The molecule has 1 aliphatic carbocycles. The van der Waals surface area contributed by atoms with Gasteiger partial charge in [0.05, 0.1) is 6.10 Å². The molecule has 0 bridgehead atoms. The minimum absolute atomic E-state index is 0.0351. The van der Waals surface area contributed by atoms with Crippen molar-refractivity contribution in [2.75, 3.05) is 0 Å². The van der Waals surface area contributed by atoms with Gasteiger partial charge in [-0.15, -0.1) is 0 Å². The van der Waals surface area contributed by atoms with Crippen molar-refractivity contribution in [3.8, 4) is 5.75 Å². The van der Waals surface area contributed by atoms with E-state index < -0.39 is 11.6 Å². The zero-order chi connectivity index (χ0) is 17.8. The monoisotopic (exact) mass is 364 g/mol. The van der Waals surface area contributed by atoms with Crippen LogP contribution < -0.4 is 4.74 Å². The molecule has 1 nitrogen and oxygen atoms in total. The van der Waals surface area contributed by atoms with Gasteiger partial charge < -0.3 is 4.74 Å². The Morgan fingerprint density at radius 1 is 1.08 bits per heavy atom. The van der Waals surface area contributed by atoms with E-state index in [0.29, 0.717) is 26.7 Å². The average Bonchev–Trinajstić information content (AvgIpc) is 2.64. The van der Waals surface area contributed by atoms with Crippen LogP contribution in [0.25, 0.3) is 0 Å². The van der Waals surface area contributed by atoms with Crippen LogP contribution in [0.3, 0.4) is 0 Å². The van der Waals surface area contributed by atoms with Gasteiger partial charge in [-0.2, -0.15) is 4.39 Å². The lowest BCUT2D eigenvalue weighted by atomic mass is 9.87. The maximum atomic E-state index is 14.5. The molecule has 0 amide bonds. The smallest absolute Gasteiger partial charge is 0.201 e. The van der Waals surface area contributed by atoms with Crippen LogP contribution in [-0.2, 0) is 12.5 Å². The molecule has 0 N–H and O–H groups in total. The number of hydrogen-bond acceptors (Lipinski definition) is 1. The molecule has 2 radical (unpaired) electrons. The second kappa shape index (κ2) is 8.66. The van der Waals surface area contributed by atoms with Gasteiger partial charge in [0.25, 0.3) is 0 Å². The van der Waals surface area contributed by atoms with Gasteiger partial charge in [0.1, 0.15) is 0 Å². The van der Waals surface area contributed by atoms with E-state index in [1.807, 2.05) is 6.07 Å². The normalized spacial score (nSPS) is 26.2. The Hall–Kier alpha value is -0.903. The first kappa shape index (κ1) is 18.9. The molecular formula is C21H30F2OSi. The van der Waals surface area contributed by atoms with Gasteiger partial charge >= 0.3 is 0 Å². The van der Waals surface area contributed by atoms with Crippen LogP contribution in [0, 0.1) is 17.6 Å². The number of aryl methyl sites for hydroxylation is 1. The van der Waals surface area contributed by atoms with Crippen LogP contribution in [0.5, 0.6) is 5.75 Å². The topological polar surface area (TPSA) is 9.23 Å². The molecule has 3 rings (SSSR count). The minimum atomic E-state index is -0.757. The Morgan fingerprint density at radius 3 is 2.52 bits per heavy atom. The summed E-state index contributed by atoms with van der Waals surface area (Å²) in [6, 6.07) is 2.55. The van der Waals surface area contributed by atoms with Crippen LogP contribution in [-0.4, -0.2) is 15.6 Å². The van der Waals surface area contributed by atoms with Gasteiger partial charge in [-0.05, 0) is 54.0 Å². The standard InChI is InChI=1S/C21H30F2OSi/c1-3-5-17-9-8-15-12-16(19(22)20(23)21(15)24-17)13-25-18-10-6-14(4-2)7-11-18/h12,14,17-18H,3-11,13H2,1-2H3. The van der Waals surface area contributed by atoms with Crippen LogP contribution >= 0.6 is 0 Å². The molecule has 1 aromatic rings. The third kappa shape index (κ3) is 4.44. The average molecular weight is 365 g/mol. The second-order valence-corrected chi connectivity index (χ2v) is 9.30. The molecule has 25 heavy (non-hydrogen) atoms. The van der Waals surface area contributed by atoms with E-state index in [0.717, 1.165) is 37.2 Å². The summed E-state index contributed by atoms with van der Waals surface area (Å²) in [5, 5.41) is 0. The Balaban J connectivity index is 1.64. The highest BCUT2D eigenvalue weighted by molar-refractivity contribution is 6.37. The molecule has 1 unspecified atom stereocenters. The highest BCUT2D eigenvalue weighted by Gasteiger charge is 2.27. The summed E-state index contributed by atoms with van der Waals surface area (Å²) in [6.07, 6.45) is 10.1. The summed E-state index contributed by atoms with van der Waals surface area (Å²) in [7, 11) is 0.704. The fraction of sp³-hybridized carbons (Fsp3) is 0.714. The summed E-state index contributed by atoms with van der Waals surface area (Å²) in [6.45, 7) is 4.36. The van der Waals surface area contributed by atoms with Crippen LogP contribution in [0.15, 0.2) is 6.07 Å². The molecule has 1 aliphatic heterocycles. The molecule has 1 saturated carbocycles. The zero-order valence-corrected chi connectivity index (χ0v) is 16.5. The second-order valence-electron chi connectivity index (χ2n) is 7.73. The Labute approximate surface area is 153 Å². The first-order chi connectivity index (χ1) is 12.1. The minimum Gasteiger partial charge on any atom is -0.487 e. The highest BCUT2D eigenvalue weighted by atomic mass is 28.2. The molecule has 0 saturated heterocycles. The van der Waals surface area contributed by atoms with E-state index in [-0.39, 0.29) is 11.9 Å². The third-order valence-corrected chi connectivity index (χ3v) is 7.69. The Morgan fingerprint density at radius 2 is 1.84 bits per heavy atom. The Bertz CT molecular complexity index is 582. The van der Waals surface area contributed by atoms with Crippen molar-refractivity contribution in [1.29, 1.82) is 0 Å². The van der Waals surface area contributed by atoms with Crippen LogP contribution in [0.2, 0.25) is 5.54 Å². The molecule has 1 atom stereocenters. The van der Waals surface area contributed by atoms with Gasteiger partial charge in [0.2, 0.25) is 5.82 Å². The summed E-state index contributed by atoms with van der Waals surface area (Å²) < 4.78 is 34.8. The van der Waals surface area contributed by atoms with Gasteiger partial charge in [-0.25, -0.2) is 4.39 Å². The van der Waals surface area contributed by atoms with Crippen molar-refractivity contribution in [1.82, 2.24) is 0 Å². The van der Waals surface area contributed by atoms with Crippen molar-refractivity contribution >= 4 is 9.52 Å². The molecule has 1 heterocycles. The largest absolute Gasteiger partial charge is 0.487 e. The van der Waals surface area contributed by atoms with Crippen molar-refractivity contribution < 1.29 is 13.5 Å². The number of ether oxygens (including phenoxy) is 1. The molecule has 2 aliphatic rings. The fourth-order valence-corrected chi connectivity index (χ4v) is 5.77. The predicted octanol–water partition coefficient (Wildman–Crippen LogP) is 6.05. The molecule has 1 aromatic carbocycles. The van der Waals surface area contributed by atoms with E-state index in [9.17, 15) is 8.78 Å². The van der Waals surface area contributed by atoms with Crippen molar-refractivity contribution in [3.05, 3.63) is 28.8 Å². The first-order valence-corrected chi connectivity index (χ1v) is 11.3. The highest BCUT2D eigenvalue weighted by Crippen LogP contribution is 2.37. The summed E-state index contributed by atoms with van der Waals surface area (Å²) in [5.41, 5.74) is 2.12. The van der Waals surface area contributed by atoms with Gasteiger partial charge in [0, 0.05) is 9.52 Å². The maximum Gasteiger partial charge on any atom is 0.201 e. The molecule has 0 spiro atoms. The van der Waals surface area contributed by atoms with Crippen molar-refractivity contribution in [2.45, 2.75) is 89.3 Å². The number of hydrogen-bond donors (Lipinski definition) is 0. The molecule has 138 valence electrons. The number of fused-ring (bicyclic) bond motifs is 1. The fourth-order valence-electron chi connectivity index (χ4n) is 4.26. The van der Waals surface area contributed by atoms with E-state index >= 15 is 0 Å². The number of halogens is 2. The Kier molecular flexibility index (Phi) is 6.53. The summed E-state index contributed by atoms with van der Waals surface area (Å²) >= 11 is 0. The molecular weight excluding hydrogens is 334 g/mol. The van der Waals surface area contributed by atoms with E-state index in [2.05, 4.69) is 13.8 Å². The molecule has 0 aromatic heterocycles. The molecule has 4 heteroatoms. The summed E-state index contributed by atoms with van der Waals surface area (Å²) in [4.78, 5) is 0. The zero-order valence-electron chi connectivity index (χ0n) is 15.5. The SMILES string of the molecule is CCCC1CCc2cc(C[Si]C3CCC(CC)CC3)c(F)c(F)c2O1. The van der Waals surface area contributed by atoms with Crippen LogP contribution in [0.4, 0.5) is 8.78 Å².